The number of benzene rings is 1. The van der Waals surface area contributed by atoms with Gasteiger partial charge in [0.1, 0.15) is 5.75 Å². The Morgan fingerprint density at radius 1 is 1.21 bits per heavy atom. The Balaban J connectivity index is 1.56. The lowest BCUT2D eigenvalue weighted by atomic mass is 9.86. The average molecular weight is 380 g/mol. The van der Waals surface area contributed by atoms with E-state index in [0.717, 1.165) is 42.0 Å². The number of anilines is 1. The van der Waals surface area contributed by atoms with Gasteiger partial charge in [-0.1, -0.05) is 6.42 Å². The zero-order valence-corrected chi connectivity index (χ0v) is 16.9. The van der Waals surface area contributed by atoms with Crippen LogP contribution in [0, 0.1) is 5.92 Å². The molecule has 2 fully saturated rings. The first-order valence-corrected chi connectivity index (χ1v) is 10.7. The van der Waals surface area contributed by atoms with Crippen LogP contribution in [0.1, 0.15) is 64.0 Å². The summed E-state index contributed by atoms with van der Waals surface area (Å²) in [6, 6.07) is 5.02. The molecule has 1 aromatic heterocycles. The minimum absolute atomic E-state index is 0.104. The SMILES string of the molecule is CC(=O)N1c2ccc(-c3cnn(C4CC4)c3)c(OCC3CCC3)c2CCC1C. The molecule has 5 nitrogen and oxygen atoms in total. The van der Waals surface area contributed by atoms with Gasteiger partial charge in [-0.3, -0.25) is 9.48 Å². The third-order valence-electron chi connectivity index (χ3n) is 6.61. The van der Waals surface area contributed by atoms with E-state index in [-0.39, 0.29) is 11.9 Å². The van der Waals surface area contributed by atoms with Crippen LogP contribution in [0.2, 0.25) is 0 Å². The van der Waals surface area contributed by atoms with Crippen LogP contribution >= 0.6 is 0 Å². The molecule has 2 aliphatic carbocycles. The normalized spacial score (nSPS) is 21.9. The Kier molecular flexibility index (Phi) is 4.41. The monoisotopic (exact) mass is 379 g/mol. The van der Waals surface area contributed by atoms with E-state index in [0.29, 0.717) is 12.0 Å². The summed E-state index contributed by atoms with van der Waals surface area (Å²) in [4.78, 5) is 14.3. The fourth-order valence-electron chi connectivity index (χ4n) is 4.55. The molecule has 5 rings (SSSR count). The predicted octanol–water partition coefficient (Wildman–Crippen LogP) is 4.75. The largest absolute Gasteiger partial charge is 0.492 e. The molecule has 28 heavy (non-hydrogen) atoms. The van der Waals surface area contributed by atoms with Crippen molar-refractivity contribution in [2.45, 2.75) is 70.9 Å². The van der Waals surface area contributed by atoms with Crippen molar-refractivity contribution in [3.63, 3.8) is 0 Å². The smallest absolute Gasteiger partial charge is 0.224 e. The zero-order valence-electron chi connectivity index (χ0n) is 16.9. The first-order valence-electron chi connectivity index (χ1n) is 10.7. The second kappa shape index (κ2) is 6.94. The zero-order chi connectivity index (χ0) is 19.3. The van der Waals surface area contributed by atoms with E-state index in [1.807, 2.05) is 11.1 Å². The number of ether oxygens (including phenoxy) is 1. The van der Waals surface area contributed by atoms with Crippen LogP contribution in [-0.2, 0) is 11.2 Å². The molecule has 148 valence electrons. The summed E-state index contributed by atoms with van der Waals surface area (Å²) in [7, 11) is 0. The lowest BCUT2D eigenvalue weighted by Gasteiger charge is -2.36. The molecule has 2 heterocycles. The van der Waals surface area contributed by atoms with E-state index in [1.54, 1.807) is 6.92 Å². The number of nitrogens with zero attached hydrogens (tertiary/aromatic N) is 3. The van der Waals surface area contributed by atoms with E-state index < -0.39 is 0 Å². The maximum atomic E-state index is 12.3. The minimum atomic E-state index is 0.104. The van der Waals surface area contributed by atoms with Crippen molar-refractivity contribution in [2.24, 2.45) is 5.92 Å². The van der Waals surface area contributed by atoms with Crippen LogP contribution < -0.4 is 9.64 Å². The standard InChI is InChI=1S/C23H29N3O2/c1-15-6-9-21-22(26(15)16(2)27)11-10-20(23(21)28-14-17-4-3-5-17)18-12-24-25(13-18)19-7-8-19/h10-13,15,17,19H,3-9,14H2,1-2H3. The van der Waals surface area contributed by atoms with Crippen LogP contribution in [0.5, 0.6) is 5.75 Å². The van der Waals surface area contributed by atoms with Crippen molar-refractivity contribution in [3.05, 3.63) is 30.1 Å². The predicted molar refractivity (Wildman–Crippen MR) is 110 cm³/mol. The van der Waals surface area contributed by atoms with Crippen molar-refractivity contribution in [3.8, 4) is 16.9 Å². The van der Waals surface area contributed by atoms with E-state index in [4.69, 9.17) is 4.74 Å². The van der Waals surface area contributed by atoms with Crippen molar-refractivity contribution in [1.82, 2.24) is 9.78 Å². The van der Waals surface area contributed by atoms with Gasteiger partial charge in [0.2, 0.25) is 5.91 Å². The summed E-state index contributed by atoms with van der Waals surface area (Å²) in [5, 5.41) is 4.58. The van der Waals surface area contributed by atoms with E-state index in [1.165, 1.54) is 37.7 Å². The van der Waals surface area contributed by atoms with Crippen molar-refractivity contribution in [1.29, 1.82) is 0 Å². The third-order valence-corrected chi connectivity index (χ3v) is 6.61. The molecule has 1 atom stereocenters. The van der Waals surface area contributed by atoms with Gasteiger partial charge in [0.05, 0.1) is 24.5 Å². The Morgan fingerprint density at radius 3 is 2.71 bits per heavy atom. The van der Waals surface area contributed by atoms with Gasteiger partial charge in [-0.25, -0.2) is 0 Å². The van der Waals surface area contributed by atoms with Crippen LogP contribution in [0.15, 0.2) is 24.5 Å². The number of amides is 1. The van der Waals surface area contributed by atoms with Crippen LogP contribution in [0.3, 0.4) is 0 Å². The number of carbonyl (C=O) groups is 1. The Bertz CT molecular complexity index is 895. The average Bonchev–Trinajstić information content (AvgIpc) is 3.37. The highest BCUT2D eigenvalue weighted by molar-refractivity contribution is 5.95. The molecule has 0 N–H and O–H groups in total. The lowest BCUT2D eigenvalue weighted by Crippen LogP contribution is -2.40. The van der Waals surface area contributed by atoms with Gasteiger partial charge in [-0.15, -0.1) is 0 Å². The molecule has 3 aliphatic rings. The maximum Gasteiger partial charge on any atom is 0.224 e. The first-order chi connectivity index (χ1) is 13.6. The summed E-state index contributed by atoms with van der Waals surface area (Å²) in [5.41, 5.74) is 4.44. The molecule has 1 amide bonds. The molecular weight excluding hydrogens is 350 g/mol. The topological polar surface area (TPSA) is 47.4 Å². The van der Waals surface area contributed by atoms with E-state index in [2.05, 4.69) is 35.0 Å². The van der Waals surface area contributed by atoms with Crippen LogP contribution in [-0.4, -0.2) is 28.3 Å². The molecule has 0 saturated heterocycles. The second-order valence-corrected chi connectivity index (χ2v) is 8.76. The molecule has 2 aromatic rings. The summed E-state index contributed by atoms with van der Waals surface area (Å²) in [6.45, 7) is 4.57. The second-order valence-electron chi connectivity index (χ2n) is 8.76. The molecule has 0 radical (unpaired) electrons. The van der Waals surface area contributed by atoms with Crippen molar-refractivity contribution in [2.75, 3.05) is 11.5 Å². The molecule has 2 saturated carbocycles. The quantitative estimate of drug-likeness (QED) is 0.753. The number of rotatable bonds is 5. The number of carbonyl (C=O) groups excluding carboxylic acids is 1. The minimum Gasteiger partial charge on any atom is -0.492 e. The summed E-state index contributed by atoms with van der Waals surface area (Å²) < 4.78 is 8.56. The molecule has 0 spiro atoms. The fraction of sp³-hybridized carbons (Fsp3) is 0.565. The summed E-state index contributed by atoms with van der Waals surface area (Å²) in [5.74, 6) is 1.75. The molecule has 5 heteroatoms. The molecule has 1 aromatic carbocycles. The molecule has 1 aliphatic heterocycles. The van der Waals surface area contributed by atoms with Gasteiger partial charge in [0.15, 0.2) is 0 Å². The van der Waals surface area contributed by atoms with Crippen LogP contribution in [0.25, 0.3) is 11.1 Å². The number of hydrogen-bond acceptors (Lipinski definition) is 3. The van der Waals surface area contributed by atoms with E-state index >= 15 is 0 Å². The van der Waals surface area contributed by atoms with Gasteiger partial charge in [0.25, 0.3) is 0 Å². The van der Waals surface area contributed by atoms with Gasteiger partial charge >= 0.3 is 0 Å². The van der Waals surface area contributed by atoms with Gasteiger partial charge in [-0.05, 0) is 63.5 Å². The Hall–Kier alpha value is -2.30. The lowest BCUT2D eigenvalue weighted by molar-refractivity contribution is -0.117. The first kappa shape index (κ1) is 17.8. The Morgan fingerprint density at radius 2 is 2.04 bits per heavy atom. The number of aromatic nitrogens is 2. The summed E-state index contributed by atoms with van der Waals surface area (Å²) in [6.07, 6.45) is 12.3. The maximum absolute atomic E-state index is 12.3. The third kappa shape index (κ3) is 3.11. The van der Waals surface area contributed by atoms with Gasteiger partial charge in [0, 0.05) is 35.9 Å². The van der Waals surface area contributed by atoms with Crippen LogP contribution in [0.4, 0.5) is 5.69 Å². The van der Waals surface area contributed by atoms with Crippen molar-refractivity contribution < 1.29 is 9.53 Å². The van der Waals surface area contributed by atoms with Gasteiger partial charge < -0.3 is 9.64 Å². The Labute approximate surface area is 166 Å². The van der Waals surface area contributed by atoms with Gasteiger partial charge in [-0.2, -0.15) is 5.10 Å². The number of fused-ring (bicyclic) bond motifs is 1. The molecule has 1 unspecified atom stereocenters. The summed E-state index contributed by atoms with van der Waals surface area (Å²) >= 11 is 0. The highest BCUT2D eigenvalue weighted by atomic mass is 16.5. The fourth-order valence-corrected chi connectivity index (χ4v) is 4.55. The van der Waals surface area contributed by atoms with E-state index in [9.17, 15) is 4.79 Å². The highest BCUT2D eigenvalue weighted by Gasteiger charge is 2.31. The molecular formula is C23H29N3O2. The van der Waals surface area contributed by atoms with Crippen molar-refractivity contribution >= 4 is 11.6 Å². The highest BCUT2D eigenvalue weighted by Crippen LogP contribution is 2.44. The molecule has 0 bridgehead atoms. The number of hydrogen-bond donors (Lipinski definition) is 0.